The van der Waals surface area contributed by atoms with Gasteiger partial charge in [-0.05, 0) is 67.8 Å². The fraction of sp³-hybridized carbons (Fsp3) is 0.286. The second-order valence-electron chi connectivity index (χ2n) is 8.85. The summed E-state index contributed by atoms with van der Waals surface area (Å²) in [6, 6.07) is 17.2. The Morgan fingerprint density at radius 1 is 0.921 bits per heavy atom. The van der Waals surface area contributed by atoms with Crippen molar-refractivity contribution in [3.8, 4) is 0 Å². The quantitative estimate of drug-likeness (QED) is 0.352. The number of carbonyl (C=O) groups is 2. The molecule has 0 aliphatic carbocycles. The maximum absolute atomic E-state index is 14.0. The first kappa shape index (κ1) is 29.5. The average molecular weight is 577 g/mol. The van der Waals surface area contributed by atoms with E-state index in [-0.39, 0.29) is 17.3 Å². The van der Waals surface area contributed by atoms with Gasteiger partial charge in [-0.25, -0.2) is 8.42 Å². The SMILES string of the molecule is CCC(C(=O)NC)N(Cc1c(Cl)cccc1Cl)C(=O)CN(c1ccc(C)c(C)c1)S(=O)(=O)c1ccccc1. The maximum Gasteiger partial charge on any atom is 0.264 e. The molecule has 0 aliphatic rings. The molecular weight excluding hydrogens is 545 g/mol. The van der Waals surface area contributed by atoms with Crippen LogP contribution in [0.4, 0.5) is 5.69 Å². The van der Waals surface area contributed by atoms with Crippen molar-refractivity contribution in [3.05, 3.63) is 93.5 Å². The Morgan fingerprint density at radius 2 is 1.55 bits per heavy atom. The molecule has 10 heteroatoms. The monoisotopic (exact) mass is 575 g/mol. The summed E-state index contributed by atoms with van der Waals surface area (Å²) in [7, 11) is -2.64. The number of likely N-dealkylation sites (N-methyl/N-ethyl adjacent to an activating group) is 1. The molecule has 1 unspecified atom stereocenters. The van der Waals surface area contributed by atoms with Gasteiger partial charge in [0, 0.05) is 29.2 Å². The molecule has 202 valence electrons. The van der Waals surface area contributed by atoms with Crippen molar-refractivity contribution >= 4 is 50.7 Å². The number of halogens is 2. The Kier molecular flexibility index (Phi) is 9.82. The molecular formula is C28H31Cl2N3O4S. The van der Waals surface area contributed by atoms with E-state index in [2.05, 4.69) is 5.32 Å². The lowest BCUT2D eigenvalue weighted by Gasteiger charge is -2.33. The largest absolute Gasteiger partial charge is 0.357 e. The second kappa shape index (κ2) is 12.7. The number of benzene rings is 3. The molecule has 2 amide bonds. The van der Waals surface area contributed by atoms with E-state index in [4.69, 9.17) is 23.2 Å². The highest BCUT2D eigenvalue weighted by molar-refractivity contribution is 7.92. The van der Waals surface area contributed by atoms with Crippen molar-refractivity contribution in [1.29, 1.82) is 0 Å². The van der Waals surface area contributed by atoms with E-state index in [1.54, 1.807) is 55.5 Å². The summed E-state index contributed by atoms with van der Waals surface area (Å²) < 4.78 is 28.7. The van der Waals surface area contributed by atoms with Gasteiger partial charge in [-0.1, -0.05) is 60.5 Å². The Morgan fingerprint density at radius 3 is 2.11 bits per heavy atom. The van der Waals surface area contributed by atoms with Crippen LogP contribution in [0.2, 0.25) is 10.0 Å². The van der Waals surface area contributed by atoms with Crippen LogP contribution in [0.25, 0.3) is 0 Å². The molecule has 3 aromatic carbocycles. The first-order valence-electron chi connectivity index (χ1n) is 12.1. The van der Waals surface area contributed by atoms with Gasteiger partial charge in [0.25, 0.3) is 10.0 Å². The predicted molar refractivity (Wildman–Crippen MR) is 152 cm³/mol. The van der Waals surface area contributed by atoms with Crippen LogP contribution in [0, 0.1) is 13.8 Å². The third kappa shape index (κ3) is 6.49. The van der Waals surface area contributed by atoms with E-state index in [1.165, 1.54) is 24.1 Å². The predicted octanol–water partition coefficient (Wildman–Crippen LogP) is 5.36. The molecule has 0 saturated heterocycles. The zero-order valence-electron chi connectivity index (χ0n) is 21.7. The lowest BCUT2D eigenvalue weighted by molar-refractivity contribution is -0.140. The number of sulfonamides is 1. The molecule has 0 heterocycles. The molecule has 3 aromatic rings. The number of rotatable bonds is 10. The van der Waals surface area contributed by atoms with Gasteiger partial charge in [0.2, 0.25) is 11.8 Å². The number of anilines is 1. The molecule has 38 heavy (non-hydrogen) atoms. The second-order valence-corrected chi connectivity index (χ2v) is 11.5. The summed E-state index contributed by atoms with van der Waals surface area (Å²) in [6.07, 6.45) is 0.294. The zero-order valence-corrected chi connectivity index (χ0v) is 24.1. The molecule has 0 bridgehead atoms. The minimum Gasteiger partial charge on any atom is -0.357 e. The Bertz CT molecular complexity index is 1390. The highest BCUT2D eigenvalue weighted by atomic mass is 35.5. The third-order valence-electron chi connectivity index (χ3n) is 6.41. The number of nitrogens with zero attached hydrogens (tertiary/aromatic N) is 2. The standard InChI is InChI=1S/C28H31Cl2N3O4S/c1-5-26(28(35)31-4)32(17-23-24(29)12-9-13-25(23)30)27(34)18-33(21-15-14-19(2)20(3)16-21)38(36,37)22-10-7-6-8-11-22/h6-16,26H,5,17-18H2,1-4H3,(H,31,35). The summed E-state index contributed by atoms with van der Waals surface area (Å²) in [5.74, 6) is -0.957. The van der Waals surface area contributed by atoms with E-state index < -0.39 is 28.5 Å². The smallest absolute Gasteiger partial charge is 0.264 e. The summed E-state index contributed by atoms with van der Waals surface area (Å²) in [5.41, 5.74) is 2.67. The number of amides is 2. The highest BCUT2D eigenvalue weighted by Gasteiger charge is 2.34. The highest BCUT2D eigenvalue weighted by Crippen LogP contribution is 2.29. The van der Waals surface area contributed by atoms with Gasteiger partial charge in [-0.2, -0.15) is 0 Å². The zero-order chi connectivity index (χ0) is 28.0. The van der Waals surface area contributed by atoms with Crippen molar-refractivity contribution in [2.45, 2.75) is 44.7 Å². The summed E-state index contributed by atoms with van der Waals surface area (Å²) in [5, 5.41) is 3.27. The van der Waals surface area contributed by atoms with E-state index in [9.17, 15) is 18.0 Å². The fourth-order valence-electron chi connectivity index (χ4n) is 4.07. The fourth-order valence-corrected chi connectivity index (χ4v) is 6.01. The van der Waals surface area contributed by atoms with E-state index in [1.807, 2.05) is 19.9 Å². The van der Waals surface area contributed by atoms with Crippen LogP contribution in [0.1, 0.15) is 30.0 Å². The van der Waals surface area contributed by atoms with Crippen LogP contribution >= 0.6 is 23.2 Å². The number of aryl methyl sites for hydroxylation is 2. The minimum atomic E-state index is -4.13. The van der Waals surface area contributed by atoms with Crippen molar-refractivity contribution < 1.29 is 18.0 Å². The van der Waals surface area contributed by atoms with E-state index >= 15 is 0 Å². The van der Waals surface area contributed by atoms with E-state index in [0.29, 0.717) is 27.7 Å². The Hall–Kier alpha value is -3.07. The molecule has 1 N–H and O–H groups in total. The Labute approximate surface area is 234 Å². The molecule has 0 aromatic heterocycles. The van der Waals surface area contributed by atoms with Crippen LogP contribution in [0.3, 0.4) is 0 Å². The first-order valence-corrected chi connectivity index (χ1v) is 14.3. The van der Waals surface area contributed by atoms with Crippen LogP contribution in [-0.2, 0) is 26.2 Å². The minimum absolute atomic E-state index is 0.0464. The lowest BCUT2D eigenvalue weighted by Crippen LogP contribution is -2.51. The van der Waals surface area contributed by atoms with Gasteiger partial charge in [0.15, 0.2) is 0 Å². The van der Waals surface area contributed by atoms with E-state index in [0.717, 1.165) is 15.4 Å². The molecule has 3 rings (SSSR count). The van der Waals surface area contributed by atoms with Gasteiger partial charge in [-0.3, -0.25) is 13.9 Å². The summed E-state index contributed by atoms with van der Waals surface area (Å²) in [4.78, 5) is 28.1. The lowest BCUT2D eigenvalue weighted by atomic mass is 10.1. The molecule has 0 saturated carbocycles. The normalized spacial score (nSPS) is 12.1. The molecule has 0 aliphatic heterocycles. The number of hydrogen-bond donors (Lipinski definition) is 1. The number of hydrogen-bond acceptors (Lipinski definition) is 4. The molecule has 0 fully saturated rings. The van der Waals surface area contributed by atoms with Crippen molar-refractivity contribution in [1.82, 2.24) is 10.2 Å². The summed E-state index contributed by atoms with van der Waals surface area (Å²) in [6.45, 7) is 4.96. The third-order valence-corrected chi connectivity index (χ3v) is 8.91. The van der Waals surface area contributed by atoms with Gasteiger partial charge >= 0.3 is 0 Å². The van der Waals surface area contributed by atoms with Crippen LogP contribution < -0.4 is 9.62 Å². The van der Waals surface area contributed by atoms with Crippen LogP contribution in [0.5, 0.6) is 0 Å². The Balaban J connectivity index is 2.11. The average Bonchev–Trinajstić information content (AvgIpc) is 2.90. The number of nitrogens with one attached hydrogen (secondary N) is 1. The van der Waals surface area contributed by atoms with Crippen molar-refractivity contribution in [2.75, 3.05) is 17.9 Å². The molecule has 0 radical (unpaired) electrons. The first-order chi connectivity index (χ1) is 18.0. The molecule has 7 nitrogen and oxygen atoms in total. The van der Waals surface area contributed by atoms with Gasteiger partial charge in [0.05, 0.1) is 10.6 Å². The van der Waals surface area contributed by atoms with Gasteiger partial charge in [0.1, 0.15) is 12.6 Å². The van der Waals surface area contributed by atoms with Gasteiger partial charge < -0.3 is 10.2 Å². The topological polar surface area (TPSA) is 86.8 Å². The molecule has 0 spiro atoms. The number of carbonyl (C=O) groups excluding carboxylic acids is 2. The van der Waals surface area contributed by atoms with Crippen molar-refractivity contribution in [2.24, 2.45) is 0 Å². The molecule has 1 atom stereocenters. The van der Waals surface area contributed by atoms with Crippen LogP contribution in [0.15, 0.2) is 71.6 Å². The van der Waals surface area contributed by atoms with Crippen LogP contribution in [-0.4, -0.2) is 44.8 Å². The van der Waals surface area contributed by atoms with Gasteiger partial charge in [-0.15, -0.1) is 0 Å². The summed E-state index contributed by atoms with van der Waals surface area (Å²) >= 11 is 12.8. The maximum atomic E-state index is 14.0. The van der Waals surface area contributed by atoms with Crippen molar-refractivity contribution in [3.63, 3.8) is 0 Å².